The van der Waals surface area contributed by atoms with Crippen LogP contribution in [0, 0.1) is 0 Å². The molecule has 1 amide bonds. The molecule has 1 aromatic carbocycles. The van der Waals surface area contributed by atoms with Crippen molar-refractivity contribution in [3.8, 4) is 0 Å². The number of carbonyl (C=O) groups is 1. The fourth-order valence-electron chi connectivity index (χ4n) is 1.85. The minimum Gasteiger partial charge on any atom is -0.378 e. The van der Waals surface area contributed by atoms with E-state index in [1.165, 1.54) is 6.07 Å². The largest absolute Gasteiger partial charge is 0.378 e. The van der Waals surface area contributed by atoms with Gasteiger partial charge in [0.1, 0.15) is 6.04 Å². The Morgan fingerprint density at radius 1 is 1.42 bits per heavy atom. The third-order valence-electron chi connectivity index (χ3n) is 2.78. The molecule has 6 nitrogen and oxygen atoms in total. The zero-order chi connectivity index (χ0) is 13.9. The van der Waals surface area contributed by atoms with Gasteiger partial charge in [0.25, 0.3) is 0 Å². The van der Waals surface area contributed by atoms with Crippen molar-refractivity contribution in [3.05, 3.63) is 24.3 Å². The van der Waals surface area contributed by atoms with Gasteiger partial charge in [-0.1, -0.05) is 12.1 Å². The lowest BCUT2D eigenvalue weighted by Gasteiger charge is -2.23. The lowest BCUT2D eigenvalue weighted by Crippen LogP contribution is -2.48. The maximum absolute atomic E-state index is 12.0. The molecule has 2 N–H and O–H groups in total. The van der Waals surface area contributed by atoms with E-state index in [9.17, 15) is 13.2 Å². The number of sulfone groups is 1. The Morgan fingerprint density at radius 3 is 2.79 bits per heavy atom. The van der Waals surface area contributed by atoms with E-state index in [0.29, 0.717) is 18.8 Å². The second-order valence-electron chi connectivity index (χ2n) is 4.34. The molecule has 104 valence electrons. The first-order chi connectivity index (χ1) is 8.98. The number of ether oxygens (including phenoxy) is 1. The first-order valence-corrected chi connectivity index (χ1v) is 7.79. The summed E-state index contributed by atoms with van der Waals surface area (Å²) in [6.45, 7) is 1.46. The van der Waals surface area contributed by atoms with Crippen LogP contribution in [0.3, 0.4) is 0 Å². The lowest BCUT2D eigenvalue weighted by molar-refractivity contribution is -0.120. The molecule has 0 aliphatic carbocycles. The van der Waals surface area contributed by atoms with Crippen molar-refractivity contribution in [2.45, 2.75) is 10.9 Å². The molecule has 1 aliphatic rings. The van der Waals surface area contributed by atoms with Crippen LogP contribution >= 0.6 is 0 Å². The molecule has 19 heavy (non-hydrogen) atoms. The van der Waals surface area contributed by atoms with E-state index in [1.807, 2.05) is 0 Å². The third kappa shape index (κ3) is 3.52. The Balaban J connectivity index is 2.17. The number of morpholine rings is 1. The summed E-state index contributed by atoms with van der Waals surface area (Å²) in [6.07, 6.45) is 1.11. The molecule has 0 saturated carbocycles. The van der Waals surface area contributed by atoms with Crippen molar-refractivity contribution in [1.29, 1.82) is 0 Å². The van der Waals surface area contributed by atoms with Crippen LogP contribution in [-0.2, 0) is 19.4 Å². The van der Waals surface area contributed by atoms with Crippen LogP contribution in [0.5, 0.6) is 0 Å². The Morgan fingerprint density at radius 2 is 2.16 bits per heavy atom. The van der Waals surface area contributed by atoms with Crippen molar-refractivity contribution in [2.75, 3.05) is 31.3 Å². The number of hydrogen-bond donors (Lipinski definition) is 2. The van der Waals surface area contributed by atoms with Crippen molar-refractivity contribution in [1.82, 2.24) is 5.32 Å². The molecule has 1 aromatic rings. The van der Waals surface area contributed by atoms with Gasteiger partial charge in [-0.15, -0.1) is 0 Å². The van der Waals surface area contributed by atoms with Crippen LogP contribution in [0.25, 0.3) is 0 Å². The van der Waals surface area contributed by atoms with Crippen molar-refractivity contribution < 1.29 is 17.9 Å². The second-order valence-corrected chi connectivity index (χ2v) is 6.32. The molecular formula is C12H16N2O4S. The van der Waals surface area contributed by atoms with Gasteiger partial charge in [0, 0.05) is 12.8 Å². The monoisotopic (exact) mass is 284 g/mol. The van der Waals surface area contributed by atoms with Gasteiger partial charge in [-0.25, -0.2) is 8.42 Å². The standard InChI is InChI=1S/C12H16N2O4S/c1-19(16,17)11-5-3-2-4-9(11)14-12(15)10-8-18-7-6-13-10/h2-5,10,13H,6-8H2,1H3,(H,14,15). The van der Waals surface area contributed by atoms with Crippen molar-refractivity contribution in [3.63, 3.8) is 0 Å². The molecule has 1 heterocycles. The first-order valence-electron chi connectivity index (χ1n) is 5.89. The summed E-state index contributed by atoms with van der Waals surface area (Å²) in [5.74, 6) is -0.296. The topological polar surface area (TPSA) is 84.5 Å². The molecule has 0 bridgehead atoms. The Kier molecular flexibility index (Phi) is 4.18. The summed E-state index contributed by atoms with van der Waals surface area (Å²) >= 11 is 0. The Bertz CT molecular complexity index is 565. The smallest absolute Gasteiger partial charge is 0.243 e. The first kappa shape index (κ1) is 14.0. The zero-order valence-corrected chi connectivity index (χ0v) is 11.4. The Labute approximate surface area is 112 Å². The highest BCUT2D eigenvalue weighted by atomic mass is 32.2. The minimum absolute atomic E-state index is 0.111. The maximum Gasteiger partial charge on any atom is 0.243 e. The average Bonchev–Trinajstić information content (AvgIpc) is 2.39. The van der Waals surface area contributed by atoms with E-state index in [4.69, 9.17) is 4.74 Å². The highest BCUT2D eigenvalue weighted by molar-refractivity contribution is 7.90. The fourth-order valence-corrected chi connectivity index (χ4v) is 2.69. The molecule has 1 unspecified atom stereocenters. The van der Waals surface area contributed by atoms with Crippen LogP contribution in [0.4, 0.5) is 5.69 Å². The second kappa shape index (κ2) is 5.68. The van der Waals surface area contributed by atoms with Gasteiger partial charge in [0.15, 0.2) is 9.84 Å². The van der Waals surface area contributed by atoms with E-state index in [0.717, 1.165) is 6.26 Å². The van der Waals surface area contributed by atoms with Crippen LogP contribution in [0.15, 0.2) is 29.2 Å². The van der Waals surface area contributed by atoms with Crippen LogP contribution in [0.1, 0.15) is 0 Å². The third-order valence-corrected chi connectivity index (χ3v) is 3.94. The summed E-state index contributed by atoms with van der Waals surface area (Å²) in [6, 6.07) is 5.87. The van der Waals surface area contributed by atoms with Crippen LogP contribution < -0.4 is 10.6 Å². The summed E-state index contributed by atoms with van der Waals surface area (Å²) in [5, 5.41) is 5.64. The van der Waals surface area contributed by atoms with Gasteiger partial charge in [-0.05, 0) is 12.1 Å². The number of rotatable bonds is 3. The fraction of sp³-hybridized carbons (Fsp3) is 0.417. The van der Waals surface area contributed by atoms with Crippen LogP contribution in [-0.4, -0.2) is 46.4 Å². The molecular weight excluding hydrogens is 268 g/mol. The number of nitrogens with one attached hydrogen (secondary N) is 2. The SMILES string of the molecule is CS(=O)(=O)c1ccccc1NC(=O)C1COCCN1. The number of para-hydroxylation sites is 1. The van der Waals surface area contributed by atoms with E-state index in [-0.39, 0.29) is 17.4 Å². The number of hydrogen-bond acceptors (Lipinski definition) is 5. The van der Waals surface area contributed by atoms with Crippen molar-refractivity contribution >= 4 is 21.4 Å². The zero-order valence-electron chi connectivity index (χ0n) is 10.5. The molecule has 0 radical (unpaired) electrons. The lowest BCUT2D eigenvalue weighted by atomic mass is 10.2. The maximum atomic E-state index is 12.0. The normalized spacial score (nSPS) is 19.9. The predicted octanol–water partition coefficient (Wildman–Crippen LogP) is 0.0170. The number of carbonyl (C=O) groups excluding carboxylic acids is 1. The van der Waals surface area contributed by atoms with E-state index in [2.05, 4.69) is 10.6 Å². The van der Waals surface area contributed by atoms with Gasteiger partial charge in [-0.2, -0.15) is 0 Å². The van der Waals surface area contributed by atoms with Gasteiger partial charge >= 0.3 is 0 Å². The predicted molar refractivity (Wildman–Crippen MR) is 70.8 cm³/mol. The van der Waals surface area contributed by atoms with Gasteiger partial charge in [0.05, 0.1) is 23.8 Å². The van der Waals surface area contributed by atoms with E-state index < -0.39 is 15.9 Å². The number of anilines is 1. The molecule has 1 aliphatic heterocycles. The summed E-state index contributed by atoms with van der Waals surface area (Å²) in [5.41, 5.74) is 0.294. The molecule has 1 fully saturated rings. The Hall–Kier alpha value is -1.44. The molecule has 7 heteroatoms. The number of amides is 1. The molecule has 0 aromatic heterocycles. The van der Waals surface area contributed by atoms with Crippen molar-refractivity contribution in [2.24, 2.45) is 0 Å². The van der Waals surface area contributed by atoms with Gasteiger partial charge in [0.2, 0.25) is 5.91 Å². The van der Waals surface area contributed by atoms with Gasteiger partial charge < -0.3 is 15.4 Å². The summed E-state index contributed by atoms with van der Waals surface area (Å²) < 4.78 is 28.4. The highest BCUT2D eigenvalue weighted by Gasteiger charge is 2.23. The summed E-state index contributed by atoms with van der Waals surface area (Å²) in [7, 11) is -3.38. The molecule has 1 saturated heterocycles. The quantitative estimate of drug-likeness (QED) is 0.817. The van der Waals surface area contributed by atoms with E-state index >= 15 is 0 Å². The van der Waals surface area contributed by atoms with Gasteiger partial charge in [-0.3, -0.25) is 4.79 Å². The average molecular weight is 284 g/mol. The van der Waals surface area contributed by atoms with E-state index in [1.54, 1.807) is 18.2 Å². The highest BCUT2D eigenvalue weighted by Crippen LogP contribution is 2.20. The molecule has 0 spiro atoms. The van der Waals surface area contributed by atoms with Crippen LogP contribution in [0.2, 0.25) is 0 Å². The molecule has 1 atom stereocenters. The minimum atomic E-state index is -3.38. The summed E-state index contributed by atoms with van der Waals surface area (Å²) in [4.78, 5) is 12.1. The number of benzene rings is 1. The molecule has 2 rings (SSSR count).